The van der Waals surface area contributed by atoms with Crippen molar-refractivity contribution in [3.8, 4) is 0 Å². The predicted molar refractivity (Wildman–Crippen MR) is 78.2 cm³/mol. The number of nitrogens with one attached hydrogen (secondary N) is 1. The van der Waals surface area contributed by atoms with Gasteiger partial charge in [0.2, 0.25) is 0 Å². The summed E-state index contributed by atoms with van der Waals surface area (Å²) in [5, 5.41) is 3.45. The fraction of sp³-hybridized carbons (Fsp3) is 0.562. The van der Waals surface area contributed by atoms with E-state index in [1.807, 2.05) is 29.2 Å². The smallest absolute Gasteiger partial charge is 0.254 e. The second kappa shape index (κ2) is 5.74. The molecule has 0 aliphatic carbocycles. The van der Waals surface area contributed by atoms with E-state index in [0.29, 0.717) is 0 Å². The normalized spacial score (nSPS) is 15.8. The molecule has 104 valence electrons. The van der Waals surface area contributed by atoms with Gasteiger partial charge in [-0.05, 0) is 45.2 Å². The van der Waals surface area contributed by atoms with Gasteiger partial charge in [0.1, 0.15) is 0 Å². The van der Waals surface area contributed by atoms with Crippen LogP contribution in [-0.4, -0.2) is 29.4 Å². The van der Waals surface area contributed by atoms with Crippen LogP contribution in [-0.2, 0) is 6.54 Å². The first-order valence-corrected chi connectivity index (χ1v) is 7.09. The van der Waals surface area contributed by atoms with Crippen molar-refractivity contribution in [1.29, 1.82) is 0 Å². The SMILES string of the molecule is CC(C)(C)NCc1ccccc1C(=O)N1CCCC1. The summed E-state index contributed by atoms with van der Waals surface area (Å²) >= 11 is 0. The summed E-state index contributed by atoms with van der Waals surface area (Å²) in [5.41, 5.74) is 2.00. The molecule has 1 fully saturated rings. The summed E-state index contributed by atoms with van der Waals surface area (Å²) in [6.45, 7) is 8.95. The molecule has 3 nitrogen and oxygen atoms in total. The number of hydrogen-bond acceptors (Lipinski definition) is 2. The Bertz CT molecular complexity index is 442. The summed E-state index contributed by atoms with van der Waals surface area (Å²) in [6, 6.07) is 7.94. The zero-order chi connectivity index (χ0) is 13.9. The molecule has 1 heterocycles. The quantitative estimate of drug-likeness (QED) is 0.906. The van der Waals surface area contributed by atoms with E-state index in [9.17, 15) is 4.79 Å². The van der Waals surface area contributed by atoms with Crippen LogP contribution in [0.3, 0.4) is 0 Å². The molecule has 1 N–H and O–H groups in total. The van der Waals surface area contributed by atoms with Crippen LogP contribution >= 0.6 is 0 Å². The lowest BCUT2D eigenvalue weighted by atomic mass is 10.0. The van der Waals surface area contributed by atoms with Gasteiger partial charge in [0.15, 0.2) is 0 Å². The van der Waals surface area contributed by atoms with Crippen LogP contribution in [0.2, 0.25) is 0 Å². The third-order valence-corrected chi connectivity index (χ3v) is 3.45. The van der Waals surface area contributed by atoms with Gasteiger partial charge in [-0.1, -0.05) is 18.2 Å². The first-order valence-electron chi connectivity index (χ1n) is 7.09. The van der Waals surface area contributed by atoms with Crippen molar-refractivity contribution in [3.63, 3.8) is 0 Å². The van der Waals surface area contributed by atoms with Crippen LogP contribution in [0, 0.1) is 0 Å². The third kappa shape index (κ3) is 3.80. The highest BCUT2D eigenvalue weighted by atomic mass is 16.2. The van der Waals surface area contributed by atoms with Crippen LogP contribution in [0.1, 0.15) is 49.5 Å². The van der Waals surface area contributed by atoms with Gasteiger partial charge in [0, 0.05) is 30.7 Å². The number of rotatable bonds is 3. The minimum Gasteiger partial charge on any atom is -0.339 e. The van der Waals surface area contributed by atoms with Gasteiger partial charge in [-0.2, -0.15) is 0 Å². The largest absolute Gasteiger partial charge is 0.339 e. The molecule has 3 heteroatoms. The van der Waals surface area contributed by atoms with Crippen molar-refractivity contribution in [2.24, 2.45) is 0 Å². The van der Waals surface area contributed by atoms with Crippen molar-refractivity contribution in [2.45, 2.75) is 45.7 Å². The topological polar surface area (TPSA) is 32.3 Å². The van der Waals surface area contributed by atoms with E-state index >= 15 is 0 Å². The summed E-state index contributed by atoms with van der Waals surface area (Å²) in [4.78, 5) is 14.5. The first kappa shape index (κ1) is 14.1. The number of likely N-dealkylation sites (tertiary alicyclic amines) is 1. The molecule has 0 spiro atoms. The zero-order valence-corrected chi connectivity index (χ0v) is 12.2. The van der Waals surface area contributed by atoms with Gasteiger partial charge in [0.05, 0.1) is 0 Å². The highest BCUT2D eigenvalue weighted by molar-refractivity contribution is 5.95. The van der Waals surface area contributed by atoms with Gasteiger partial charge in [-0.15, -0.1) is 0 Å². The second-order valence-electron chi connectivity index (χ2n) is 6.26. The van der Waals surface area contributed by atoms with Crippen LogP contribution in [0.25, 0.3) is 0 Å². The second-order valence-corrected chi connectivity index (χ2v) is 6.26. The Balaban J connectivity index is 2.13. The monoisotopic (exact) mass is 260 g/mol. The highest BCUT2D eigenvalue weighted by Crippen LogP contribution is 2.17. The molecule has 0 radical (unpaired) electrons. The van der Waals surface area contributed by atoms with E-state index in [0.717, 1.165) is 43.6 Å². The van der Waals surface area contributed by atoms with E-state index in [1.54, 1.807) is 0 Å². The van der Waals surface area contributed by atoms with Crippen LogP contribution in [0.15, 0.2) is 24.3 Å². The number of carbonyl (C=O) groups excluding carboxylic acids is 1. The minimum atomic E-state index is 0.0593. The number of carbonyl (C=O) groups is 1. The van der Waals surface area contributed by atoms with E-state index < -0.39 is 0 Å². The van der Waals surface area contributed by atoms with E-state index in [2.05, 4.69) is 26.1 Å². The molecule has 0 bridgehead atoms. The average molecular weight is 260 g/mol. The highest BCUT2D eigenvalue weighted by Gasteiger charge is 2.21. The minimum absolute atomic E-state index is 0.0593. The standard InChI is InChI=1S/C16H24N2O/c1-16(2,3)17-12-13-8-4-5-9-14(13)15(19)18-10-6-7-11-18/h4-5,8-9,17H,6-7,10-12H2,1-3H3. The summed E-state index contributed by atoms with van der Waals surface area (Å²) in [6.07, 6.45) is 2.27. The lowest BCUT2D eigenvalue weighted by Gasteiger charge is -2.22. The molecule has 0 atom stereocenters. The molecule has 1 aliphatic rings. The lowest BCUT2D eigenvalue weighted by molar-refractivity contribution is 0.0791. The Labute approximate surface area is 116 Å². The van der Waals surface area contributed by atoms with Crippen molar-refractivity contribution in [1.82, 2.24) is 10.2 Å². The van der Waals surface area contributed by atoms with Crippen molar-refractivity contribution < 1.29 is 4.79 Å². The summed E-state index contributed by atoms with van der Waals surface area (Å²) in [7, 11) is 0. The Hall–Kier alpha value is -1.35. The van der Waals surface area contributed by atoms with Crippen LogP contribution in [0.5, 0.6) is 0 Å². The molecular weight excluding hydrogens is 236 g/mol. The predicted octanol–water partition coefficient (Wildman–Crippen LogP) is 2.81. The number of nitrogens with zero attached hydrogens (tertiary/aromatic N) is 1. The van der Waals surface area contributed by atoms with E-state index in [-0.39, 0.29) is 11.4 Å². The molecule has 1 aromatic carbocycles. The maximum Gasteiger partial charge on any atom is 0.254 e. The van der Waals surface area contributed by atoms with Gasteiger partial charge >= 0.3 is 0 Å². The molecule has 1 amide bonds. The molecule has 1 aromatic rings. The molecule has 1 saturated heterocycles. The van der Waals surface area contributed by atoms with E-state index in [1.165, 1.54) is 0 Å². The van der Waals surface area contributed by atoms with Crippen molar-refractivity contribution in [3.05, 3.63) is 35.4 Å². The molecule has 2 rings (SSSR count). The van der Waals surface area contributed by atoms with Crippen LogP contribution < -0.4 is 5.32 Å². The fourth-order valence-corrected chi connectivity index (χ4v) is 2.33. The van der Waals surface area contributed by atoms with Crippen LogP contribution in [0.4, 0.5) is 0 Å². The average Bonchev–Trinajstić information content (AvgIpc) is 2.89. The Morgan fingerprint density at radius 1 is 1.21 bits per heavy atom. The Morgan fingerprint density at radius 3 is 2.47 bits per heavy atom. The van der Waals surface area contributed by atoms with Gasteiger partial charge < -0.3 is 10.2 Å². The fourth-order valence-electron chi connectivity index (χ4n) is 2.33. The third-order valence-electron chi connectivity index (χ3n) is 3.45. The van der Waals surface area contributed by atoms with Gasteiger partial charge in [-0.3, -0.25) is 4.79 Å². The molecule has 19 heavy (non-hydrogen) atoms. The molecule has 1 aliphatic heterocycles. The molecule has 0 aromatic heterocycles. The lowest BCUT2D eigenvalue weighted by Crippen LogP contribution is -2.36. The Kier molecular flexibility index (Phi) is 4.25. The Morgan fingerprint density at radius 2 is 1.84 bits per heavy atom. The van der Waals surface area contributed by atoms with Crippen molar-refractivity contribution >= 4 is 5.91 Å². The number of amides is 1. The molecule has 0 saturated carbocycles. The summed E-state index contributed by atoms with van der Waals surface area (Å²) < 4.78 is 0. The first-order chi connectivity index (χ1) is 8.97. The zero-order valence-electron chi connectivity index (χ0n) is 12.2. The number of hydrogen-bond donors (Lipinski definition) is 1. The van der Waals surface area contributed by atoms with Gasteiger partial charge in [0.25, 0.3) is 5.91 Å². The van der Waals surface area contributed by atoms with Gasteiger partial charge in [-0.25, -0.2) is 0 Å². The maximum absolute atomic E-state index is 12.5. The maximum atomic E-state index is 12.5. The summed E-state index contributed by atoms with van der Waals surface area (Å²) in [5.74, 6) is 0.184. The molecular formula is C16H24N2O. The number of benzene rings is 1. The van der Waals surface area contributed by atoms with E-state index in [4.69, 9.17) is 0 Å². The molecule has 0 unspecified atom stereocenters. The van der Waals surface area contributed by atoms with Crippen molar-refractivity contribution in [2.75, 3.05) is 13.1 Å².